The molecule has 1 unspecified atom stereocenters. The van der Waals surface area contributed by atoms with Crippen LogP contribution in [0.1, 0.15) is 61.5 Å². The number of imidazole rings is 1. The Morgan fingerprint density at radius 1 is 1.40 bits per heavy atom. The molecule has 0 aromatic carbocycles. The van der Waals surface area contributed by atoms with Crippen LogP contribution in [0.3, 0.4) is 0 Å². The molecular weight excluding hydrogens is 268 g/mol. The van der Waals surface area contributed by atoms with Gasteiger partial charge in [-0.1, -0.05) is 19.8 Å². The Kier molecular flexibility index (Phi) is 4.05. The van der Waals surface area contributed by atoms with E-state index in [9.17, 15) is 0 Å². The summed E-state index contributed by atoms with van der Waals surface area (Å²) in [6.45, 7) is 4.33. The first-order chi connectivity index (χ1) is 9.78. The van der Waals surface area contributed by atoms with E-state index in [0.29, 0.717) is 6.04 Å². The summed E-state index contributed by atoms with van der Waals surface area (Å²) in [5.41, 5.74) is 0. The highest BCUT2D eigenvalue weighted by Gasteiger charge is 2.20. The zero-order valence-electron chi connectivity index (χ0n) is 12.2. The Balaban J connectivity index is 1.72. The lowest BCUT2D eigenvalue weighted by molar-refractivity contribution is 0.521. The number of nitrogens with zero attached hydrogens (tertiary/aromatic N) is 3. The van der Waals surface area contributed by atoms with Crippen LogP contribution in [-0.4, -0.2) is 14.5 Å². The van der Waals surface area contributed by atoms with Crippen molar-refractivity contribution in [2.45, 2.75) is 58.0 Å². The van der Waals surface area contributed by atoms with Crippen LogP contribution in [0.25, 0.3) is 0 Å². The van der Waals surface area contributed by atoms with Crippen LogP contribution in [0.4, 0.5) is 5.95 Å². The topological polar surface area (TPSA) is 42.7 Å². The van der Waals surface area contributed by atoms with Crippen molar-refractivity contribution >= 4 is 17.3 Å². The predicted octanol–water partition coefficient (Wildman–Crippen LogP) is 4.19. The molecule has 2 aromatic heterocycles. The molecule has 1 N–H and O–H groups in total. The van der Waals surface area contributed by atoms with Gasteiger partial charge >= 0.3 is 0 Å². The van der Waals surface area contributed by atoms with Gasteiger partial charge in [0.05, 0.1) is 6.04 Å². The van der Waals surface area contributed by atoms with Gasteiger partial charge < -0.3 is 9.88 Å². The van der Waals surface area contributed by atoms with Crippen molar-refractivity contribution in [2.75, 3.05) is 5.32 Å². The molecule has 0 radical (unpaired) electrons. The zero-order chi connectivity index (χ0) is 13.9. The molecule has 0 saturated heterocycles. The van der Waals surface area contributed by atoms with E-state index in [0.717, 1.165) is 17.4 Å². The molecule has 3 rings (SSSR count). The standard InChI is InChI=1S/C15H22N4S/c1-3-13-10-17-14(20-13)11(2)18-15-16-8-9-19(15)12-6-4-5-7-12/h8-12H,3-7H2,1-2H3,(H,16,18). The summed E-state index contributed by atoms with van der Waals surface area (Å²) in [5, 5.41) is 4.66. The molecule has 2 heterocycles. The largest absolute Gasteiger partial charge is 0.347 e. The van der Waals surface area contributed by atoms with E-state index >= 15 is 0 Å². The number of aromatic nitrogens is 3. The number of aryl methyl sites for hydroxylation is 1. The number of thiazole rings is 1. The molecule has 5 heteroatoms. The van der Waals surface area contributed by atoms with E-state index in [2.05, 4.69) is 39.9 Å². The van der Waals surface area contributed by atoms with Crippen LogP contribution in [0.15, 0.2) is 18.6 Å². The molecule has 0 aliphatic heterocycles. The third kappa shape index (κ3) is 2.73. The van der Waals surface area contributed by atoms with Crippen LogP contribution in [-0.2, 0) is 6.42 Å². The maximum absolute atomic E-state index is 4.51. The fraction of sp³-hybridized carbons (Fsp3) is 0.600. The average molecular weight is 290 g/mol. The lowest BCUT2D eigenvalue weighted by Crippen LogP contribution is -2.13. The van der Waals surface area contributed by atoms with Crippen LogP contribution in [0.2, 0.25) is 0 Å². The van der Waals surface area contributed by atoms with Crippen molar-refractivity contribution in [3.8, 4) is 0 Å². The minimum absolute atomic E-state index is 0.211. The molecule has 20 heavy (non-hydrogen) atoms. The summed E-state index contributed by atoms with van der Waals surface area (Å²) < 4.78 is 2.30. The normalized spacial score (nSPS) is 17.5. The summed E-state index contributed by atoms with van der Waals surface area (Å²) in [6, 6.07) is 0.831. The second kappa shape index (κ2) is 5.95. The van der Waals surface area contributed by atoms with Crippen molar-refractivity contribution in [3.63, 3.8) is 0 Å². The molecule has 1 atom stereocenters. The van der Waals surface area contributed by atoms with Crippen molar-refractivity contribution < 1.29 is 0 Å². The summed E-state index contributed by atoms with van der Waals surface area (Å²) in [7, 11) is 0. The van der Waals surface area contributed by atoms with E-state index in [4.69, 9.17) is 0 Å². The van der Waals surface area contributed by atoms with E-state index in [1.807, 2.05) is 12.4 Å². The Labute approximate surface area is 124 Å². The molecule has 108 valence electrons. The number of anilines is 1. The van der Waals surface area contributed by atoms with Gasteiger partial charge in [-0.15, -0.1) is 11.3 Å². The number of hydrogen-bond acceptors (Lipinski definition) is 4. The number of rotatable bonds is 5. The maximum Gasteiger partial charge on any atom is 0.203 e. The van der Waals surface area contributed by atoms with Crippen LogP contribution in [0, 0.1) is 0 Å². The second-order valence-corrected chi connectivity index (χ2v) is 6.63. The Bertz CT molecular complexity index is 554. The molecule has 1 aliphatic carbocycles. The van der Waals surface area contributed by atoms with Gasteiger partial charge in [0.2, 0.25) is 5.95 Å². The van der Waals surface area contributed by atoms with Gasteiger partial charge in [0.25, 0.3) is 0 Å². The highest BCUT2D eigenvalue weighted by molar-refractivity contribution is 7.11. The summed E-state index contributed by atoms with van der Waals surface area (Å²) >= 11 is 1.79. The smallest absolute Gasteiger partial charge is 0.203 e. The van der Waals surface area contributed by atoms with E-state index in [-0.39, 0.29) is 6.04 Å². The number of hydrogen-bond donors (Lipinski definition) is 1. The second-order valence-electron chi connectivity index (χ2n) is 5.48. The quantitative estimate of drug-likeness (QED) is 0.898. The molecule has 0 bridgehead atoms. The van der Waals surface area contributed by atoms with Crippen LogP contribution in [0.5, 0.6) is 0 Å². The molecule has 2 aromatic rings. The highest BCUT2D eigenvalue weighted by Crippen LogP contribution is 2.32. The van der Waals surface area contributed by atoms with Gasteiger partial charge in [-0.25, -0.2) is 9.97 Å². The Morgan fingerprint density at radius 3 is 2.90 bits per heavy atom. The number of nitrogens with one attached hydrogen (secondary N) is 1. The average Bonchev–Trinajstić information content (AvgIpc) is 3.19. The van der Waals surface area contributed by atoms with Crippen LogP contribution >= 0.6 is 11.3 Å². The fourth-order valence-electron chi connectivity index (χ4n) is 2.84. The lowest BCUT2D eigenvalue weighted by Gasteiger charge is -2.18. The predicted molar refractivity (Wildman–Crippen MR) is 83.3 cm³/mol. The molecule has 0 spiro atoms. The molecule has 4 nitrogen and oxygen atoms in total. The molecule has 0 amide bonds. The van der Waals surface area contributed by atoms with Crippen molar-refractivity contribution in [1.29, 1.82) is 0 Å². The maximum atomic E-state index is 4.51. The summed E-state index contributed by atoms with van der Waals surface area (Å²) in [6.07, 6.45) is 12.3. The van der Waals surface area contributed by atoms with Crippen molar-refractivity contribution in [1.82, 2.24) is 14.5 Å². The molecule has 1 aliphatic rings. The first kappa shape index (κ1) is 13.6. The third-order valence-corrected chi connectivity index (χ3v) is 5.35. The van der Waals surface area contributed by atoms with Gasteiger partial charge in [-0.05, 0) is 26.2 Å². The monoisotopic (exact) mass is 290 g/mol. The van der Waals surface area contributed by atoms with Crippen molar-refractivity contribution in [3.05, 3.63) is 28.5 Å². The zero-order valence-corrected chi connectivity index (χ0v) is 13.0. The first-order valence-corrected chi connectivity index (χ1v) is 8.33. The van der Waals surface area contributed by atoms with Gasteiger partial charge in [-0.2, -0.15) is 0 Å². The summed E-state index contributed by atoms with van der Waals surface area (Å²) in [5.74, 6) is 0.984. The Hall–Kier alpha value is -1.36. The van der Waals surface area contributed by atoms with Gasteiger partial charge in [0.15, 0.2) is 0 Å². The molecular formula is C15H22N4S. The Morgan fingerprint density at radius 2 is 2.20 bits per heavy atom. The fourth-order valence-corrected chi connectivity index (χ4v) is 3.70. The van der Waals surface area contributed by atoms with E-state index in [1.54, 1.807) is 11.3 Å². The summed E-state index contributed by atoms with van der Waals surface area (Å²) in [4.78, 5) is 10.3. The minimum Gasteiger partial charge on any atom is -0.347 e. The SMILES string of the molecule is CCc1cnc(C(C)Nc2nccn2C2CCCC2)s1. The first-order valence-electron chi connectivity index (χ1n) is 7.52. The third-order valence-electron chi connectivity index (χ3n) is 4.02. The molecule has 1 saturated carbocycles. The minimum atomic E-state index is 0.211. The van der Waals surface area contributed by atoms with Crippen molar-refractivity contribution in [2.24, 2.45) is 0 Å². The molecule has 1 fully saturated rings. The lowest BCUT2D eigenvalue weighted by atomic mass is 10.2. The van der Waals surface area contributed by atoms with Gasteiger partial charge in [0, 0.05) is 29.5 Å². The van der Waals surface area contributed by atoms with Crippen LogP contribution < -0.4 is 5.32 Å². The van der Waals surface area contributed by atoms with E-state index in [1.165, 1.54) is 30.6 Å². The van der Waals surface area contributed by atoms with Gasteiger partial charge in [0.1, 0.15) is 5.01 Å². The van der Waals surface area contributed by atoms with Gasteiger partial charge in [-0.3, -0.25) is 0 Å². The highest BCUT2D eigenvalue weighted by atomic mass is 32.1. The van der Waals surface area contributed by atoms with E-state index < -0.39 is 0 Å².